The van der Waals surface area contributed by atoms with Crippen molar-refractivity contribution in [1.82, 2.24) is 5.32 Å². The van der Waals surface area contributed by atoms with Crippen LogP contribution in [0.25, 0.3) is 0 Å². The second kappa shape index (κ2) is 8.63. The summed E-state index contributed by atoms with van der Waals surface area (Å²) >= 11 is 12.9. The molecule has 2 aliphatic rings. The molecule has 2 N–H and O–H groups in total. The van der Waals surface area contributed by atoms with E-state index in [-0.39, 0.29) is 33.3 Å². The number of fused-ring (bicyclic) bond motifs is 1. The van der Waals surface area contributed by atoms with E-state index < -0.39 is 17.5 Å². The zero-order chi connectivity index (χ0) is 22.2. The van der Waals surface area contributed by atoms with Crippen LogP contribution in [0.4, 0.5) is 5.69 Å². The van der Waals surface area contributed by atoms with Crippen molar-refractivity contribution >= 4 is 40.8 Å². The molecule has 2 aliphatic heterocycles. The molecular weight excluding hydrogens is 439 g/mol. The first kappa shape index (κ1) is 21.8. The zero-order valence-corrected chi connectivity index (χ0v) is 18.5. The van der Waals surface area contributed by atoms with Crippen molar-refractivity contribution in [3.63, 3.8) is 0 Å². The maximum absolute atomic E-state index is 13.6. The second-order valence-corrected chi connectivity index (χ2v) is 8.38. The van der Waals surface area contributed by atoms with E-state index in [0.717, 1.165) is 25.9 Å². The minimum atomic E-state index is -2.06. The average Bonchev–Trinajstić information content (AvgIpc) is 3.00. The predicted molar refractivity (Wildman–Crippen MR) is 120 cm³/mol. The number of ether oxygens (including phenoxy) is 1. The Morgan fingerprint density at radius 3 is 2.61 bits per heavy atom. The Kier molecular flexibility index (Phi) is 6.08. The number of amides is 1. The van der Waals surface area contributed by atoms with Gasteiger partial charge in [-0.05, 0) is 44.1 Å². The molecule has 6 nitrogen and oxygen atoms in total. The molecule has 2 aromatic rings. The Balaban J connectivity index is 1.87. The summed E-state index contributed by atoms with van der Waals surface area (Å²) in [5, 5.41) is 15.4. The van der Waals surface area contributed by atoms with Crippen LogP contribution in [0.1, 0.15) is 34.3 Å². The molecule has 0 radical (unpaired) electrons. The number of carbonyl (C=O) groups is 2. The zero-order valence-electron chi connectivity index (χ0n) is 17.0. The molecule has 8 heteroatoms. The third-order valence-electron chi connectivity index (χ3n) is 5.77. The van der Waals surface area contributed by atoms with E-state index in [1.165, 1.54) is 29.7 Å². The summed E-state index contributed by atoms with van der Waals surface area (Å²) in [6, 6.07) is 9.55. The van der Waals surface area contributed by atoms with Gasteiger partial charge in [0, 0.05) is 22.7 Å². The van der Waals surface area contributed by atoms with Gasteiger partial charge in [0.25, 0.3) is 5.91 Å². The highest BCUT2D eigenvalue weighted by Crippen LogP contribution is 2.49. The normalized spacial score (nSPS) is 20.6. The number of piperidine rings is 1. The summed E-state index contributed by atoms with van der Waals surface area (Å²) in [5.41, 5.74) is 0.187. The van der Waals surface area contributed by atoms with Gasteiger partial charge in [-0.25, -0.2) is 4.79 Å². The lowest BCUT2D eigenvalue weighted by molar-refractivity contribution is -0.132. The van der Waals surface area contributed by atoms with Crippen molar-refractivity contribution in [1.29, 1.82) is 0 Å². The molecule has 1 saturated heterocycles. The highest BCUT2D eigenvalue weighted by molar-refractivity contribution is 6.35. The number of hydrogen-bond donors (Lipinski definition) is 2. The summed E-state index contributed by atoms with van der Waals surface area (Å²) in [5.74, 6) is -1.15. The number of hydrogen-bond acceptors (Lipinski definition) is 5. The molecule has 1 unspecified atom stereocenters. The molecule has 31 heavy (non-hydrogen) atoms. The number of halogens is 2. The molecule has 1 amide bonds. The fourth-order valence-electron chi connectivity index (χ4n) is 4.17. The Morgan fingerprint density at radius 1 is 1.23 bits per heavy atom. The molecule has 0 saturated carbocycles. The van der Waals surface area contributed by atoms with E-state index in [1.54, 1.807) is 24.3 Å². The van der Waals surface area contributed by atoms with E-state index in [1.807, 2.05) is 6.08 Å². The topological polar surface area (TPSA) is 78.9 Å². The molecule has 4 rings (SSSR count). The second-order valence-electron chi connectivity index (χ2n) is 7.56. The smallest absolute Gasteiger partial charge is 0.337 e. The van der Waals surface area contributed by atoms with Crippen molar-refractivity contribution in [2.45, 2.75) is 18.4 Å². The van der Waals surface area contributed by atoms with E-state index >= 15 is 0 Å². The van der Waals surface area contributed by atoms with Crippen LogP contribution in [0.3, 0.4) is 0 Å². The summed E-state index contributed by atoms with van der Waals surface area (Å²) in [6.45, 7) is 2.02. The van der Waals surface area contributed by atoms with Crippen LogP contribution >= 0.6 is 23.2 Å². The van der Waals surface area contributed by atoms with Gasteiger partial charge in [-0.15, -0.1) is 0 Å². The molecule has 0 aromatic heterocycles. The first-order valence-corrected chi connectivity index (χ1v) is 10.7. The van der Waals surface area contributed by atoms with Gasteiger partial charge in [0.1, 0.15) is 0 Å². The summed E-state index contributed by atoms with van der Waals surface area (Å²) < 4.78 is 4.82. The minimum Gasteiger partial charge on any atom is -0.465 e. The molecule has 1 atom stereocenters. The number of carbonyl (C=O) groups excluding carboxylic acids is 2. The minimum absolute atomic E-state index is 0.0886. The molecule has 162 valence electrons. The number of aliphatic hydroxyl groups is 1. The number of nitrogens with one attached hydrogen (secondary N) is 1. The van der Waals surface area contributed by atoms with Gasteiger partial charge < -0.3 is 20.1 Å². The Morgan fingerprint density at radius 2 is 1.94 bits per heavy atom. The van der Waals surface area contributed by atoms with Gasteiger partial charge in [-0.2, -0.15) is 0 Å². The fraction of sp³-hybridized carbons (Fsp3) is 0.304. The quantitative estimate of drug-likeness (QED) is 0.537. The molecule has 2 heterocycles. The lowest BCUT2D eigenvalue weighted by Gasteiger charge is -2.25. The van der Waals surface area contributed by atoms with E-state index in [4.69, 9.17) is 27.9 Å². The average molecular weight is 461 g/mol. The predicted octanol–water partition coefficient (Wildman–Crippen LogP) is 3.67. The van der Waals surface area contributed by atoms with Gasteiger partial charge in [-0.3, -0.25) is 4.79 Å². The van der Waals surface area contributed by atoms with Gasteiger partial charge in [0.2, 0.25) is 0 Å². The standard InChI is InChI=1S/C23H22Cl2N2O4/c1-31-21(28)15-12-18(25)20-19(13-15)27(11-8-14-6-9-26-10-7-14)22(29)23(20,30)16-4-2-3-5-17(16)24/h2-5,8,12-13,26,30H,6-7,9-11H2,1H3. The van der Waals surface area contributed by atoms with Gasteiger partial charge >= 0.3 is 5.97 Å². The fourth-order valence-corrected chi connectivity index (χ4v) is 4.79. The van der Waals surface area contributed by atoms with E-state index in [9.17, 15) is 14.7 Å². The lowest BCUT2D eigenvalue weighted by Crippen LogP contribution is -2.41. The van der Waals surface area contributed by atoms with Gasteiger partial charge in [0.15, 0.2) is 5.60 Å². The maximum Gasteiger partial charge on any atom is 0.337 e. The SMILES string of the molecule is COC(=O)c1cc(Cl)c2c(c1)N(CC=C1CCNCC1)C(=O)C2(O)c1ccccc1Cl. The molecule has 0 bridgehead atoms. The van der Waals surface area contributed by atoms with Crippen molar-refractivity contribution in [2.24, 2.45) is 0 Å². The number of benzene rings is 2. The van der Waals surface area contributed by atoms with Crippen molar-refractivity contribution in [3.05, 3.63) is 74.8 Å². The molecular formula is C23H22Cl2N2O4. The highest BCUT2D eigenvalue weighted by atomic mass is 35.5. The largest absolute Gasteiger partial charge is 0.465 e. The van der Waals surface area contributed by atoms with Crippen LogP contribution in [0, 0.1) is 0 Å². The van der Waals surface area contributed by atoms with Crippen LogP contribution in [0.5, 0.6) is 0 Å². The third kappa shape index (κ3) is 3.74. The van der Waals surface area contributed by atoms with Crippen molar-refractivity contribution < 1.29 is 19.4 Å². The summed E-state index contributed by atoms with van der Waals surface area (Å²) in [6.07, 6.45) is 3.79. The number of methoxy groups -OCH3 is 1. The number of nitrogens with zero attached hydrogens (tertiary/aromatic N) is 1. The Bertz CT molecular complexity index is 1080. The number of rotatable bonds is 4. The highest BCUT2D eigenvalue weighted by Gasteiger charge is 2.53. The summed E-state index contributed by atoms with van der Waals surface area (Å²) in [4.78, 5) is 27.2. The van der Waals surface area contributed by atoms with Crippen LogP contribution in [-0.4, -0.2) is 43.7 Å². The molecule has 1 fully saturated rings. The van der Waals surface area contributed by atoms with Crippen LogP contribution < -0.4 is 10.2 Å². The third-order valence-corrected chi connectivity index (χ3v) is 6.40. The van der Waals surface area contributed by atoms with Crippen molar-refractivity contribution in [2.75, 3.05) is 31.6 Å². The van der Waals surface area contributed by atoms with E-state index in [2.05, 4.69) is 5.32 Å². The molecule has 2 aromatic carbocycles. The van der Waals surface area contributed by atoms with E-state index in [0.29, 0.717) is 5.69 Å². The van der Waals surface area contributed by atoms with Crippen LogP contribution in [-0.2, 0) is 15.1 Å². The molecule has 0 spiro atoms. The van der Waals surface area contributed by atoms with Crippen molar-refractivity contribution in [3.8, 4) is 0 Å². The van der Waals surface area contributed by atoms with Crippen LogP contribution in [0.2, 0.25) is 10.0 Å². The first-order chi connectivity index (χ1) is 14.9. The van der Waals surface area contributed by atoms with Gasteiger partial charge in [0.05, 0.1) is 23.4 Å². The summed E-state index contributed by atoms with van der Waals surface area (Å²) in [7, 11) is 1.27. The molecule has 0 aliphatic carbocycles. The number of anilines is 1. The first-order valence-electron chi connectivity index (χ1n) is 9.98. The Labute approximate surface area is 190 Å². The monoisotopic (exact) mass is 460 g/mol. The maximum atomic E-state index is 13.6. The number of esters is 1. The van der Waals surface area contributed by atoms with Gasteiger partial charge in [-0.1, -0.05) is 53.1 Å². The lowest BCUT2D eigenvalue weighted by atomic mass is 9.87. The van der Waals surface area contributed by atoms with Crippen LogP contribution in [0.15, 0.2) is 48.0 Å². The Hall–Kier alpha value is -2.38.